The van der Waals surface area contributed by atoms with Gasteiger partial charge in [0.05, 0.1) is 14.2 Å². The summed E-state index contributed by atoms with van der Waals surface area (Å²) in [7, 11) is 3.11. The summed E-state index contributed by atoms with van der Waals surface area (Å²) in [6, 6.07) is 4.09. The summed E-state index contributed by atoms with van der Waals surface area (Å²) in [6.45, 7) is 7.84. The number of phenols is 1. The van der Waals surface area contributed by atoms with Crippen LogP contribution in [0, 0.1) is 0 Å². The normalized spacial score (nSPS) is 17.0. The van der Waals surface area contributed by atoms with E-state index in [1.165, 1.54) is 0 Å². The topological polar surface area (TPSA) is 54.0 Å². The summed E-state index contributed by atoms with van der Waals surface area (Å²) in [4.78, 5) is 2.46. The number of aromatic hydroxyl groups is 1. The molecule has 1 heterocycles. The van der Waals surface area contributed by atoms with E-state index in [1.54, 1.807) is 14.2 Å². The summed E-state index contributed by atoms with van der Waals surface area (Å²) in [5.41, 5.74) is 1.11. The molecule has 1 saturated heterocycles. The second-order valence-electron chi connectivity index (χ2n) is 5.44. The highest BCUT2D eigenvalue weighted by Crippen LogP contribution is 2.40. The predicted molar refractivity (Wildman–Crippen MR) is 87.8 cm³/mol. The molecule has 0 aliphatic carbocycles. The van der Waals surface area contributed by atoms with Gasteiger partial charge < -0.3 is 19.9 Å². The van der Waals surface area contributed by atoms with Crippen molar-refractivity contribution in [1.29, 1.82) is 0 Å². The van der Waals surface area contributed by atoms with E-state index in [0.717, 1.165) is 44.6 Å². The van der Waals surface area contributed by atoms with Gasteiger partial charge in [-0.25, -0.2) is 0 Å². The lowest BCUT2D eigenvalue weighted by Gasteiger charge is -2.35. The van der Waals surface area contributed by atoms with Gasteiger partial charge in [-0.1, -0.05) is 6.08 Å². The fourth-order valence-corrected chi connectivity index (χ4v) is 2.94. The standard InChI is InChI=1S/C17H26N2O3/c1-4-5-6-14(19-9-7-18-8-10-19)13-11-15(21-2)17(20)16(12-13)22-3/h4,11-12,14,18,20H,1,5-10H2,2-3H3/t14-/m1/s1. The number of piperazine rings is 1. The second-order valence-corrected chi connectivity index (χ2v) is 5.44. The summed E-state index contributed by atoms with van der Waals surface area (Å²) in [5, 5.41) is 13.5. The van der Waals surface area contributed by atoms with E-state index in [9.17, 15) is 5.11 Å². The van der Waals surface area contributed by atoms with Crippen LogP contribution in [0.4, 0.5) is 0 Å². The molecule has 1 atom stereocenters. The summed E-state index contributed by atoms with van der Waals surface area (Å²) in [5.74, 6) is 0.956. The number of ether oxygens (including phenoxy) is 2. The molecule has 2 N–H and O–H groups in total. The summed E-state index contributed by atoms with van der Waals surface area (Å²) in [6.07, 6.45) is 3.88. The van der Waals surface area contributed by atoms with Gasteiger partial charge in [0.1, 0.15) is 0 Å². The Hall–Kier alpha value is -1.72. The molecule has 22 heavy (non-hydrogen) atoms. The van der Waals surface area contributed by atoms with Crippen molar-refractivity contribution >= 4 is 0 Å². The Labute approximate surface area is 132 Å². The SMILES string of the molecule is C=CCC[C@H](c1cc(OC)c(O)c(OC)c1)N1CCNCC1. The van der Waals surface area contributed by atoms with Crippen LogP contribution in [0.3, 0.4) is 0 Å². The highest BCUT2D eigenvalue weighted by atomic mass is 16.5. The number of phenolic OH excluding ortho intramolecular Hbond substituents is 1. The Balaban J connectivity index is 2.34. The molecular weight excluding hydrogens is 280 g/mol. The molecule has 2 rings (SSSR count). The van der Waals surface area contributed by atoms with Crippen LogP contribution in [0.5, 0.6) is 17.2 Å². The van der Waals surface area contributed by atoms with Crippen molar-refractivity contribution in [1.82, 2.24) is 10.2 Å². The minimum Gasteiger partial charge on any atom is -0.502 e. The zero-order chi connectivity index (χ0) is 15.9. The van der Waals surface area contributed by atoms with Gasteiger partial charge in [-0.2, -0.15) is 0 Å². The van der Waals surface area contributed by atoms with Gasteiger partial charge in [0, 0.05) is 32.2 Å². The van der Waals surface area contributed by atoms with E-state index in [-0.39, 0.29) is 11.8 Å². The molecule has 0 bridgehead atoms. The molecule has 1 aromatic carbocycles. The molecular formula is C17H26N2O3. The number of nitrogens with one attached hydrogen (secondary N) is 1. The van der Waals surface area contributed by atoms with Crippen molar-refractivity contribution in [3.05, 3.63) is 30.4 Å². The van der Waals surface area contributed by atoms with Crippen LogP contribution in [-0.4, -0.2) is 50.4 Å². The second kappa shape index (κ2) is 8.06. The van der Waals surface area contributed by atoms with Crippen LogP contribution in [0.1, 0.15) is 24.4 Å². The molecule has 5 nitrogen and oxygen atoms in total. The molecule has 0 radical (unpaired) electrons. The lowest BCUT2D eigenvalue weighted by Crippen LogP contribution is -2.45. The quantitative estimate of drug-likeness (QED) is 0.757. The zero-order valence-corrected chi connectivity index (χ0v) is 13.5. The van der Waals surface area contributed by atoms with Crippen molar-refractivity contribution in [2.75, 3.05) is 40.4 Å². The van der Waals surface area contributed by atoms with Gasteiger partial charge in [-0.15, -0.1) is 6.58 Å². The Kier molecular flexibility index (Phi) is 6.10. The van der Waals surface area contributed by atoms with E-state index in [0.29, 0.717) is 11.5 Å². The predicted octanol–water partition coefficient (Wildman–Crippen LogP) is 2.32. The first-order valence-electron chi connectivity index (χ1n) is 7.71. The van der Waals surface area contributed by atoms with Crippen molar-refractivity contribution in [2.24, 2.45) is 0 Å². The van der Waals surface area contributed by atoms with Crippen LogP contribution < -0.4 is 14.8 Å². The molecule has 1 fully saturated rings. The van der Waals surface area contributed by atoms with E-state index in [1.807, 2.05) is 18.2 Å². The van der Waals surface area contributed by atoms with Crippen molar-refractivity contribution < 1.29 is 14.6 Å². The molecule has 0 saturated carbocycles. The van der Waals surface area contributed by atoms with Crippen molar-refractivity contribution in [2.45, 2.75) is 18.9 Å². The number of nitrogens with zero attached hydrogens (tertiary/aromatic N) is 1. The molecule has 0 unspecified atom stereocenters. The maximum absolute atomic E-state index is 10.1. The lowest BCUT2D eigenvalue weighted by atomic mass is 9.98. The largest absolute Gasteiger partial charge is 0.502 e. The van der Waals surface area contributed by atoms with Crippen molar-refractivity contribution in [3.8, 4) is 17.2 Å². The maximum Gasteiger partial charge on any atom is 0.200 e. The Morgan fingerprint density at radius 1 is 1.27 bits per heavy atom. The van der Waals surface area contributed by atoms with Gasteiger partial charge in [0.15, 0.2) is 11.5 Å². The van der Waals surface area contributed by atoms with Gasteiger partial charge >= 0.3 is 0 Å². The average molecular weight is 306 g/mol. The van der Waals surface area contributed by atoms with Crippen LogP contribution in [-0.2, 0) is 0 Å². The van der Waals surface area contributed by atoms with Crippen LogP contribution in [0.15, 0.2) is 24.8 Å². The molecule has 0 amide bonds. The van der Waals surface area contributed by atoms with Gasteiger partial charge in [0.2, 0.25) is 5.75 Å². The smallest absolute Gasteiger partial charge is 0.200 e. The fourth-order valence-electron chi connectivity index (χ4n) is 2.94. The summed E-state index contributed by atoms with van der Waals surface area (Å²) >= 11 is 0. The third kappa shape index (κ3) is 3.72. The summed E-state index contributed by atoms with van der Waals surface area (Å²) < 4.78 is 10.6. The molecule has 5 heteroatoms. The third-order valence-corrected chi connectivity index (χ3v) is 4.12. The molecule has 0 spiro atoms. The van der Waals surface area contributed by atoms with Gasteiger partial charge in [-0.3, -0.25) is 4.90 Å². The van der Waals surface area contributed by atoms with E-state index >= 15 is 0 Å². The maximum atomic E-state index is 10.1. The monoisotopic (exact) mass is 306 g/mol. The zero-order valence-electron chi connectivity index (χ0n) is 13.5. The van der Waals surface area contributed by atoms with Gasteiger partial charge in [-0.05, 0) is 30.5 Å². The van der Waals surface area contributed by atoms with E-state index < -0.39 is 0 Å². The number of benzene rings is 1. The van der Waals surface area contributed by atoms with E-state index in [2.05, 4.69) is 16.8 Å². The molecule has 0 aromatic heterocycles. The molecule has 122 valence electrons. The van der Waals surface area contributed by atoms with Crippen LogP contribution in [0.25, 0.3) is 0 Å². The number of hydrogen-bond donors (Lipinski definition) is 2. The minimum atomic E-state index is 0.0523. The average Bonchev–Trinajstić information content (AvgIpc) is 2.57. The minimum absolute atomic E-state index is 0.0523. The van der Waals surface area contributed by atoms with Crippen LogP contribution in [0.2, 0.25) is 0 Å². The van der Waals surface area contributed by atoms with Gasteiger partial charge in [0.25, 0.3) is 0 Å². The Morgan fingerprint density at radius 3 is 2.36 bits per heavy atom. The van der Waals surface area contributed by atoms with E-state index in [4.69, 9.17) is 9.47 Å². The first-order valence-corrected chi connectivity index (χ1v) is 7.71. The Bertz CT molecular complexity index is 474. The first kappa shape index (κ1) is 16.6. The van der Waals surface area contributed by atoms with Crippen molar-refractivity contribution in [3.63, 3.8) is 0 Å². The highest BCUT2D eigenvalue weighted by molar-refractivity contribution is 5.53. The lowest BCUT2D eigenvalue weighted by molar-refractivity contribution is 0.165. The molecule has 1 aromatic rings. The molecule has 1 aliphatic rings. The first-order chi connectivity index (χ1) is 10.7. The molecule has 1 aliphatic heterocycles. The van der Waals surface area contributed by atoms with Crippen LogP contribution >= 0.6 is 0 Å². The fraction of sp³-hybridized carbons (Fsp3) is 0.529. The number of hydrogen-bond acceptors (Lipinski definition) is 5. The number of rotatable bonds is 7. The number of methoxy groups -OCH3 is 2. The Morgan fingerprint density at radius 2 is 1.86 bits per heavy atom. The highest BCUT2D eigenvalue weighted by Gasteiger charge is 2.24. The third-order valence-electron chi connectivity index (χ3n) is 4.12. The number of allylic oxidation sites excluding steroid dienone is 1.